The number of nitrogens with one attached hydrogen (secondary N) is 2. The second-order valence-electron chi connectivity index (χ2n) is 8.42. The van der Waals surface area contributed by atoms with Crippen molar-refractivity contribution in [3.05, 3.63) is 52.5 Å². The van der Waals surface area contributed by atoms with Crippen LogP contribution in [0.3, 0.4) is 0 Å². The van der Waals surface area contributed by atoms with E-state index < -0.39 is 24.2 Å². The average Bonchev–Trinajstić information content (AvgIpc) is 3.35. The van der Waals surface area contributed by atoms with Crippen LogP contribution in [0.2, 0.25) is 0 Å². The van der Waals surface area contributed by atoms with Crippen LogP contribution in [0.25, 0.3) is 0 Å². The third-order valence-electron chi connectivity index (χ3n) is 6.32. The molecule has 1 amide bonds. The van der Waals surface area contributed by atoms with Gasteiger partial charge in [-0.25, -0.2) is 4.68 Å². The van der Waals surface area contributed by atoms with Crippen molar-refractivity contribution in [2.45, 2.75) is 45.1 Å². The molecule has 35 heavy (non-hydrogen) atoms. The van der Waals surface area contributed by atoms with Crippen LogP contribution in [0.15, 0.2) is 24.3 Å². The van der Waals surface area contributed by atoms with Crippen molar-refractivity contribution in [1.29, 1.82) is 0 Å². The van der Waals surface area contributed by atoms with Crippen molar-refractivity contribution in [3.63, 3.8) is 0 Å². The van der Waals surface area contributed by atoms with Crippen LogP contribution in [0.4, 0.5) is 19.0 Å². The summed E-state index contributed by atoms with van der Waals surface area (Å²) in [5.41, 5.74) is 3.01. The van der Waals surface area contributed by atoms with E-state index in [1.807, 2.05) is 13.8 Å². The van der Waals surface area contributed by atoms with Crippen molar-refractivity contribution in [2.24, 2.45) is 7.05 Å². The molecule has 0 aliphatic carbocycles. The van der Waals surface area contributed by atoms with Crippen molar-refractivity contribution in [1.82, 2.24) is 24.9 Å². The minimum Gasteiger partial charge on any atom is -0.493 e. The van der Waals surface area contributed by atoms with E-state index in [1.165, 1.54) is 20.3 Å². The molecule has 12 heteroatoms. The van der Waals surface area contributed by atoms with Gasteiger partial charge in [-0.2, -0.15) is 23.4 Å². The summed E-state index contributed by atoms with van der Waals surface area (Å²) in [6.07, 6.45) is -4.86. The van der Waals surface area contributed by atoms with Gasteiger partial charge in [0.2, 0.25) is 0 Å². The Morgan fingerprint density at radius 1 is 1.17 bits per heavy atom. The molecule has 3 heterocycles. The van der Waals surface area contributed by atoms with Gasteiger partial charge in [-0.3, -0.25) is 9.48 Å². The number of aromatic nitrogens is 4. The minimum absolute atomic E-state index is 0.103. The largest absolute Gasteiger partial charge is 0.493 e. The number of anilines is 1. The van der Waals surface area contributed by atoms with Crippen molar-refractivity contribution < 1.29 is 27.4 Å². The smallest absolute Gasteiger partial charge is 0.410 e. The quantitative estimate of drug-likeness (QED) is 0.543. The molecule has 1 aromatic carbocycles. The van der Waals surface area contributed by atoms with Gasteiger partial charge in [-0.1, -0.05) is 6.07 Å². The molecule has 3 aromatic rings. The molecule has 0 radical (unpaired) electrons. The molecule has 1 aliphatic heterocycles. The summed E-state index contributed by atoms with van der Waals surface area (Å²) in [5, 5.41) is 14.1. The molecular weight excluding hydrogens is 465 g/mol. The van der Waals surface area contributed by atoms with Gasteiger partial charge in [0.1, 0.15) is 5.82 Å². The molecule has 188 valence electrons. The second kappa shape index (κ2) is 9.16. The fraction of sp³-hybridized carbons (Fsp3) is 0.435. The van der Waals surface area contributed by atoms with E-state index >= 15 is 0 Å². The molecule has 2 aromatic heterocycles. The standard InChI is InChI=1S/C23H27F3N6O3/c1-12-15(13(2)31(3)29-12)11-27-22(33)17-10-21-28-16(9-20(23(24,25)26)32(21)30-17)14-6-7-18(34-4)19(8-14)35-5/h6-8,10,16,20,28H,9,11H2,1-5H3,(H,27,33)/t16-,20+/m1/s1. The third kappa shape index (κ3) is 4.64. The minimum atomic E-state index is -4.56. The van der Waals surface area contributed by atoms with Crippen molar-refractivity contribution in [3.8, 4) is 11.5 Å². The fourth-order valence-corrected chi connectivity index (χ4v) is 4.31. The Balaban J connectivity index is 1.60. The highest BCUT2D eigenvalue weighted by atomic mass is 19.4. The monoisotopic (exact) mass is 492 g/mol. The molecular formula is C23H27F3N6O3. The maximum Gasteiger partial charge on any atom is 0.410 e. The Bertz CT molecular complexity index is 1250. The van der Waals surface area contributed by atoms with Gasteiger partial charge in [0, 0.05) is 37.3 Å². The van der Waals surface area contributed by atoms with E-state index in [2.05, 4.69) is 20.8 Å². The summed E-state index contributed by atoms with van der Waals surface area (Å²) in [5.74, 6) is 0.426. The SMILES string of the molecule is COc1ccc([C@H]2C[C@@H](C(F)(F)F)n3nc(C(=O)NCc4c(C)nn(C)c4C)cc3N2)cc1OC. The van der Waals surface area contributed by atoms with Gasteiger partial charge in [-0.05, 0) is 31.5 Å². The van der Waals surface area contributed by atoms with Crippen LogP contribution >= 0.6 is 0 Å². The number of ether oxygens (including phenoxy) is 2. The van der Waals surface area contributed by atoms with E-state index in [9.17, 15) is 18.0 Å². The first-order valence-electron chi connectivity index (χ1n) is 11.0. The summed E-state index contributed by atoms with van der Waals surface area (Å²) in [7, 11) is 4.75. The fourth-order valence-electron chi connectivity index (χ4n) is 4.31. The number of methoxy groups -OCH3 is 2. The summed E-state index contributed by atoms with van der Waals surface area (Å²) >= 11 is 0. The second-order valence-corrected chi connectivity index (χ2v) is 8.42. The van der Waals surface area contributed by atoms with Gasteiger partial charge in [0.25, 0.3) is 5.91 Å². The number of alkyl halides is 3. The maximum absolute atomic E-state index is 14.0. The van der Waals surface area contributed by atoms with Crippen LogP contribution in [-0.4, -0.2) is 45.9 Å². The number of hydrogen-bond acceptors (Lipinski definition) is 6. The molecule has 4 rings (SSSR count). The highest BCUT2D eigenvalue weighted by Crippen LogP contribution is 2.44. The number of aryl methyl sites for hydroxylation is 2. The highest BCUT2D eigenvalue weighted by Gasteiger charge is 2.47. The number of amides is 1. The number of carbonyl (C=O) groups excluding carboxylic acids is 1. The van der Waals surface area contributed by atoms with Gasteiger partial charge >= 0.3 is 6.18 Å². The predicted octanol–water partition coefficient (Wildman–Crippen LogP) is 3.84. The van der Waals surface area contributed by atoms with Gasteiger partial charge in [-0.15, -0.1) is 0 Å². The van der Waals surface area contributed by atoms with E-state index in [0.717, 1.165) is 21.6 Å². The molecule has 0 spiro atoms. The number of nitrogens with zero attached hydrogens (tertiary/aromatic N) is 4. The van der Waals surface area contributed by atoms with Crippen molar-refractivity contribution >= 4 is 11.7 Å². The van der Waals surface area contributed by atoms with Crippen molar-refractivity contribution in [2.75, 3.05) is 19.5 Å². The first kappa shape index (κ1) is 24.4. The highest BCUT2D eigenvalue weighted by molar-refractivity contribution is 5.93. The normalized spacial score (nSPS) is 17.5. The van der Waals surface area contributed by atoms with Crippen LogP contribution in [0.1, 0.15) is 51.5 Å². The first-order valence-corrected chi connectivity index (χ1v) is 11.0. The lowest BCUT2D eigenvalue weighted by Gasteiger charge is -2.33. The lowest BCUT2D eigenvalue weighted by Crippen LogP contribution is -2.35. The summed E-state index contributed by atoms with van der Waals surface area (Å²) in [4.78, 5) is 12.8. The number of carbonyl (C=O) groups is 1. The Morgan fingerprint density at radius 3 is 2.49 bits per heavy atom. The lowest BCUT2D eigenvalue weighted by molar-refractivity contribution is -0.173. The molecule has 0 fully saturated rings. The number of fused-ring (bicyclic) bond motifs is 1. The van der Waals surface area contributed by atoms with Gasteiger partial charge in [0.15, 0.2) is 23.2 Å². The Morgan fingerprint density at radius 2 is 1.89 bits per heavy atom. The Kier molecular flexibility index (Phi) is 6.39. The molecule has 0 saturated carbocycles. The summed E-state index contributed by atoms with van der Waals surface area (Å²) < 4.78 is 55.1. The molecule has 0 bridgehead atoms. The summed E-state index contributed by atoms with van der Waals surface area (Å²) in [6.45, 7) is 3.90. The van der Waals surface area contributed by atoms with Crippen LogP contribution < -0.4 is 20.1 Å². The van der Waals surface area contributed by atoms with E-state index in [-0.39, 0.29) is 24.5 Å². The lowest BCUT2D eigenvalue weighted by atomic mass is 9.96. The maximum atomic E-state index is 14.0. The first-order chi connectivity index (χ1) is 16.5. The number of rotatable bonds is 6. The predicted molar refractivity (Wildman–Crippen MR) is 122 cm³/mol. The van der Waals surface area contributed by atoms with Gasteiger partial charge < -0.3 is 20.1 Å². The molecule has 2 atom stereocenters. The van der Waals surface area contributed by atoms with E-state index in [1.54, 1.807) is 29.9 Å². The molecule has 0 unspecified atom stereocenters. The number of halogens is 3. The van der Waals surface area contributed by atoms with E-state index in [4.69, 9.17) is 9.47 Å². The molecule has 9 nitrogen and oxygen atoms in total. The van der Waals surface area contributed by atoms with Crippen LogP contribution in [0.5, 0.6) is 11.5 Å². The third-order valence-corrected chi connectivity index (χ3v) is 6.32. The summed E-state index contributed by atoms with van der Waals surface area (Å²) in [6, 6.07) is 3.73. The van der Waals surface area contributed by atoms with Gasteiger partial charge in [0.05, 0.1) is 26.0 Å². The molecule has 1 aliphatic rings. The van der Waals surface area contributed by atoms with E-state index in [0.29, 0.717) is 17.1 Å². The van der Waals surface area contributed by atoms with Crippen LogP contribution in [-0.2, 0) is 13.6 Å². The topological polar surface area (TPSA) is 95.2 Å². The zero-order chi connectivity index (χ0) is 25.5. The Hall–Kier alpha value is -3.70. The molecule has 0 saturated heterocycles. The zero-order valence-electron chi connectivity index (χ0n) is 20.0. The average molecular weight is 493 g/mol. The number of benzene rings is 1. The number of hydrogen-bond donors (Lipinski definition) is 2. The zero-order valence-corrected chi connectivity index (χ0v) is 20.0. The Labute approximate surface area is 200 Å². The molecule has 2 N–H and O–H groups in total. The van der Waals surface area contributed by atoms with Crippen LogP contribution in [0, 0.1) is 13.8 Å².